The fourth-order valence-corrected chi connectivity index (χ4v) is 1.93. The van der Waals surface area contributed by atoms with E-state index in [1.54, 1.807) is 7.05 Å². The van der Waals surface area contributed by atoms with Crippen LogP contribution in [0.25, 0.3) is 0 Å². The van der Waals surface area contributed by atoms with Gasteiger partial charge in [-0.3, -0.25) is 4.99 Å². The lowest BCUT2D eigenvalue weighted by Gasteiger charge is -2.18. The lowest BCUT2D eigenvalue weighted by molar-refractivity contribution is 0.265. The Morgan fingerprint density at radius 3 is 2.38 bits per heavy atom. The highest BCUT2D eigenvalue weighted by molar-refractivity contribution is 14.0. The van der Waals surface area contributed by atoms with Gasteiger partial charge in [-0.15, -0.1) is 24.0 Å². The van der Waals surface area contributed by atoms with Crippen LogP contribution in [0.15, 0.2) is 35.3 Å². The molecule has 21 heavy (non-hydrogen) atoms. The number of nitrogens with one attached hydrogen (secondary N) is 2. The second-order valence-corrected chi connectivity index (χ2v) is 5.35. The molecule has 0 aliphatic rings. The topological polar surface area (TPSA) is 56.7 Å². The molecule has 0 bridgehead atoms. The van der Waals surface area contributed by atoms with Crippen LogP contribution < -0.4 is 10.6 Å². The number of benzene rings is 1. The van der Waals surface area contributed by atoms with Crippen LogP contribution in [0.5, 0.6) is 0 Å². The number of hydrogen-bond acceptors (Lipinski definition) is 2. The van der Waals surface area contributed by atoms with Crippen LogP contribution in [0.2, 0.25) is 0 Å². The molecule has 0 spiro atoms. The standard InChI is InChI=1S/C16H27N3O.HI/c1-13(2)9-10-18-16(17-3)19-11-15(12-20)14-7-5-4-6-8-14;/h4-8,13,15,20H,9-12H2,1-3H3,(H2,17,18,19);1H. The number of aliphatic hydroxyl groups is 1. The summed E-state index contributed by atoms with van der Waals surface area (Å²) in [5.41, 5.74) is 1.14. The van der Waals surface area contributed by atoms with Crippen molar-refractivity contribution in [3.8, 4) is 0 Å². The van der Waals surface area contributed by atoms with Crippen LogP contribution >= 0.6 is 24.0 Å². The van der Waals surface area contributed by atoms with Gasteiger partial charge in [-0.25, -0.2) is 0 Å². The third-order valence-electron chi connectivity index (χ3n) is 3.25. The first kappa shape index (κ1) is 20.2. The number of aliphatic hydroxyl groups excluding tert-OH is 1. The molecule has 3 N–H and O–H groups in total. The summed E-state index contributed by atoms with van der Waals surface area (Å²) in [7, 11) is 1.77. The van der Waals surface area contributed by atoms with Gasteiger partial charge in [0, 0.05) is 26.1 Å². The molecule has 0 fully saturated rings. The van der Waals surface area contributed by atoms with E-state index in [1.165, 1.54) is 0 Å². The van der Waals surface area contributed by atoms with Crippen molar-refractivity contribution in [2.45, 2.75) is 26.2 Å². The van der Waals surface area contributed by atoms with E-state index >= 15 is 0 Å². The zero-order valence-corrected chi connectivity index (χ0v) is 15.5. The van der Waals surface area contributed by atoms with E-state index in [0.29, 0.717) is 12.5 Å². The Hall–Kier alpha value is -0.820. The van der Waals surface area contributed by atoms with Crippen LogP contribution in [0.4, 0.5) is 0 Å². The van der Waals surface area contributed by atoms with Gasteiger partial charge in [0.15, 0.2) is 5.96 Å². The quantitative estimate of drug-likeness (QED) is 0.371. The zero-order valence-electron chi connectivity index (χ0n) is 13.2. The number of nitrogens with zero attached hydrogens (tertiary/aromatic N) is 1. The maximum absolute atomic E-state index is 9.51. The molecule has 1 aromatic carbocycles. The summed E-state index contributed by atoms with van der Waals surface area (Å²) < 4.78 is 0. The van der Waals surface area contributed by atoms with Crippen molar-refractivity contribution < 1.29 is 5.11 Å². The van der Waals surface area contributed by atoms with Crippen molar-refractivity contribution in [1.29, 1.82) is 0 Å². The third kappa shape index (κ3) is 8.26. The van der Waals surface area contributed by atoms with Crippen molar-refractivity contribution in [1.82, 2.24) is 10.6 Å². The normalized spacial score (nSPS) is 12.7. The van der Waals surface area contributed by atoms with Crippen molar-refractivity contribution in [3.05, 3.63) is 35.9 Å². The first-order chi connectivity index (χ1) is 9.67. The number of guanidine groups is 1. The Bertz CT molecular complexity index is 396. The van der Waals surface area contributed by atoms with Gasteiger partial charge in [-0.1, -0.05) is 44.2 Å². The molecule has 0 aromatic heterocycles. The number of rotatable bonds is 7. The van der Waals surface area contributed by atoms with E-state index in [2.05, 4.69) is 29.5 Å². The monoisotopic (exact) mass is 405 g/mol. The molecule has 0 saturated heterocycles. The molecular formula is C16H28IN3O. The van der Waals surface area contributed by atoms with Gasteiger partial charge >= 0.3 is 0 Å². The van der Waals surface area contributed by atoms with E-state index in [-0.39, 0.29) is 36.5 Å². The fraction of sp³-hybridized carbons (Fsp3) is 0.562. The maximum Gasteiger partial charge on any atom is 0.190 e. The summed E-state index contributed by atoms with van der Waals surface area (Å²) >= 11 is 0. The second-order valence-electron chi connectivity index (χ2n) is 5.35. The molecule has 4 nitrogen and oxygen atoms in total. The Morgan fingerprint density at radius 2 is 1.86 bits per heavy atom. The summed E-state index contributed by atoms with van der Waals surface area (Å²) in [5, 5.41) is 16.1. The van der Waals surface area contributed by atoms with Crippen LogP contribution in [0.1, 0.15) is 31.7 Å². The minimum absolute atomic E-state index is 0. The zero-order chi connectivity index (χ0) is 14.8. The van der Waals surface area contributed by atoms with Gasteiger partial charge < -0.3 is 15.7 Å². The fourth-order valence-electron chi connectivity index (χ4n) is 1.93. The van der Waals surface area contributed by atoms with Gasteiger partial charge in [-0.2, -0.15) is 0 Å². The van der Waals surface area contributed by atoms with E-state index in [1.807, 2.05) is 30.3 Å². The molecule has 5 heteroatoms. The highest BCUT2D eigenvalue weighted by Gasteiger charge is 2.10. The van der Waals surface area contributed by atoms with Gasteiger partial charge in [0.1, 0.15) is 0 Å². The number of aliphatic imine (C=N–C) groups is 1. The minimum Gasteiger partial charge on any atom is -0.396 e. The predicted molar refractivity (Wildman–Crippen MR) is 101 cm³/mol. The van der Waals surface area contributed by atoms with Crippen molar-refractivity contribution in [2.75, 3.05) is 26.7 Å². The summed E-state index contributed by atoms with van der Waals surface area (Å²) in [6, 6.07) is 10.0. The van der Waals surface area contributed by atoms with E-state index in [4.69, 9.17) is 0 Å². The number of hydrogen-bond donors (Lipinski definition) is 3. The van der Waals surface area contributed by atoms with Gasteiger partial charge in [0.25, 0.3) is 0 Å². The molecule has 120 valence electrons. The summed E-state index contributed by atoms with van der Waals surface area (Å²) in [6.07, 6.45) is 1.11. The molecule has 1 rings (SSSR count). The Balaban J connectivity index is 0.00000400. The van der Waals surface area contributed by atoms with E-state index in [9.17, 15) is 5.11 Å². The number of halogens is 1. The average molecular weight is 405 g/mol. The van der Waals surface area contributed by atoms with Crippen LogP contribution in [-0.2, 0) is 0 Å². The predicted octanol–water partition coefficient (Wildman–Crippen LogP) is 2.59. The summed E-state index contributed by atoms with van der Waals surface area (Å²) in [4.78, 5) is 4.20. The molecule has 1 atom stereocenters. The molecule has 0 aliphatic heterocycles. The summed E-state index contributed by atoms with van der Waals surface area (Å²) in [5.74, 6) is 1.55. The molecule has 0 amide bonds. The molecule has 0 radical (unpaired) electrons. The van der Waals surface area contributed by atoms with Crippen molar-refractivity contribution in [3.63, 3.8) is 0 Å². The van der Waals surface area contributed by atoms with Gasteiger partial charge in [0.05, 0.1) is 6.61 Å². The molecule has 1 unspecified atom stereocenters. The van der Waals surface area contributed by atoms with Crippen LogP contribution in [0, 0.1) is 5.92 Å². The molecule has 0 saturated carbocycles. The average Bonchev–Trinajstić information content (AvgIpc) is 2.46. The molecule has 0 aliphatic carbocycles. The highest BCUT2D eigenvalue weighted by Crippen LogP contribution is 2.13. The maximum atomic E-state index is 9.51. The van der Waals surface area contributed by atoms with E-state index < -0.39 is 0 Å². The Morgan fingerprint density at radius 1 is 1.19 bits per heavy atom. The molecular weight excluding hydrogens is 377 g/mol. The van der Waals surface area contributed by atoms with Crippen LogP contribution in [0.3, 0.4) is 0 Å². The molecule has 0 heterocycles. The third-order valence-corrected chi connectivity index (χ3v) is 3.25. The largest absolute Gasteiger partial charge is 0.396 e. The van der Waals surface area contributed by atoms with Crippen molar-refractivity contribution in [2.24, 2.45) is 10.9 Å². The van der Waals surface area contributed by atoms with Crippen LogP contribution in [-0.4, -0.2) is 37.8 Å². The minimum atomic E-state index is 0. The smallest absolute Gasteiger partial charge is 0.190 e. The lowest BCUT2D eigenvalue weighted by Crippen LogP contribution is -2.40. The molecule has 1 aromatic rings. The lowest BCUT2D eigenvalue weighted by atomic mass is 10.0. The van der Waals surface area contributed by atoms with Gasteiger partial charge in [0.2, 0.25) is 0 Å². The highest BCUT2D eigenvalue weighted by atomic mass is 127. The van der Waals surface area contributed by atoms with Gasteiger partial charge in [-0.05, 0) is 17.9 Å². The Kier molecular flexibility index (Phi) is 11.3. The Labute approximate surface area is 145 Å². The first-order valence-corrected chi connectivity index (χ1v) is 7.27. The second kappa shape index (κ2) is 11.8. The summed E-state index contributed by atoms with van der Waals surface area (Å²) in [6.45, 7) is 6.11. The van der Waals surface area contributed by atoms with E-state index in [0.717, 1.165) is 24.5 Å². The van der Waals surface area contributed by atoms with Crippen molar-refractivity contribution >= 4 is 29.9 Å². The first-order valence-electron chi connectivity index (χ1n) is 7.27. The SMILES string of the molecule is CN=C(NCCC(C)C)NCC(CO)c1ccccc1.I.